The van der Waals surface area contributed by atoms with Crippen molar-refractivity contribution in [3.05, 3.63) is 82.3 Å². The van der Waals surface area contributed by atoms with E-state index < -0.39 is 0 Å². The Morgan fingerprint density at radius 2 is 1.84 bits per heavy atom. The van der Waals surface area contributed by atoms with Crippen molar-refractivity contribution in [1.29, 1.82) is 0 Å². The third kappa shape index (κ3) is 4.62. The third-order valence-corrected chi connectivity index (χ3v) is 6.55. The van der Waals surface area contributed by atoms with Gasteiger partial charge in [0.2, 0.25) is 0 Å². The highest BCUT2D eigenvalue weighted by atomic mass is 32.2. The summed E-state index contributed by atoms with van der Waals surface area (Å²) in [7, 11) is 1.93. The fourth-order valence-electron chi connectivity index (χ4n) is 3.82. The van der Waals surface area contributed by atoms with Crippen LogP contribution in [0.2, 0.25) is 0 Å². The summed E-state index contributed by atoms with van der Waals surface area (Å²) in [5.74, 6) is 1.31. The second-order valence-corrected chi connectivity index (χ2v) is 9.47. The molecule has 0 N–H and O–H groups in total. The molecule has 0 saturated carbocycles. The summed E-state index contributed by atoms with van der Waals surface area (Å²) in [6.45, 7) is 7.16. The highest BCUT2D eigenvalue weighted by Gasteiger charge is 2.19. The van der Waals surface area contributed by atoms with Crippen molar-refractivity contribution >= 4 is 22.8 Å². The van der Waals surface area contributed by atoms with Crippen molar-refractivity contribution in [3.63, 3.8) is 0 Å². The largest absolute Gasteiger partial charge is 0.344 e. The minimum absolute atomic E-state index is 0.0436. The second-order valence-electron chi connectivity index (χ2n) is 8.53. The molecule has 4 rings (SSSR count). The standard InChI is InChI=1S/C26H29N3OS/c1-18(2)13-14-29-25(30)24-23(22(16-28(24)4)21-11-6-5-7-12-21)27-26(29)31-17-20-10-8-9-19(3)15-20/h5-12,15-16,18H,13-14,17H2,1-4H3. The molecular weight excluding hydrogens is 402 g/mol. The molecule has 0 aliphatic rings. The van der Waals surface area contributed by atoms with Gasteiger partial charge in [-0.25, -0.2) is 4.98 Å². The highest BCUT2D eigenvalue weighted by molar-refractivity contribution is 7.98. The molecule has 5 heteroatoms. The number of fused-ring (bicyclic) bond motifs is 1. The van der Waals surface area contributed by atoms with Gasteiger partial charge >= 0.3 is 0 Å². The molecular formula is C26H29N3OS. The van der Waals surface area contributed by atoms with Crippen LogP contribution < -0.4 is 5.56 Å². The molecule has 4 aromatic rings. The number of rotatable bonds is 7. The molecule has 0 atom stereocenters. The first-order valence-corrected chi connectivity index (χ1v) is 11.8. The molecule has 2 aromatic carbocycles. The second kappa shape index (κ2) is 9.15. The lowest BCUT2D eigenvalue weighted by molar-refractivity contribution is 0.480. The van der Waals surface area contributed by atoms with Gasteiger partial charge in [0.15, 0.2) is 5.16 Å². The van der Waals surface area contributed by atoms with Gasteiger partial charge in [-0.1, -0.05) is 85.8 Å². The van der Waals surface area contributed by atoms with Gasteiger partial charge in [0, 0.05) is 31.1 Å². The van der Waals surface area contributed by atoms with E-state index in [-0.39, 0.29) is 5.56 Å². The Morgan fingerprint density at radius 1 is 1.06 bits per heavy atom. The average molecular weight is 432 g/mol. The van der Waals surface area contributed by atoms with Crippen molar-refractivity contribution in [3.8, 4) is 11.1 Å². The van der Waals surface area contributed by atoms with Gasteiger partial charge in [-0.2, -0.15) is 0 Å². The maximum atomic E-state index is 13.6. The minimum Gasteiger partial charge on any atom is -0.344 e. The summed E-state index contributed by atoms with van der Waals surface area (Å²) >= 11 is 1.65. The van der Waals surface area contributed by atoms with E-state index in [1.165, 1.54) is 11.1 Å². The van der Waals surface area contributed by atoms with Crippen LogP contribution >= 0.6 is 11.8 Å². The van der Waals surface area contributed by atoms with Crippen molar-refractivity contribution in [2.75, 3.05) is 0 Å². The van der Waals surface area contributed by atoms with Crippen molar-refractivity contribution in [2.24, 2.45) is 13.0 Å². The van der Waals surface area contributed by atoms with E-state index in [4.69, 9.17) is 4.98 Å². The van der Waals surface area contributed by atoms with Gasteiger partial charge in [-0.05, 0) is 30.4 Å². The van der Waals surface area contributed by atoms with E-state index in [0.717, 1.165) is 34.0 Å². The number of thioether (sulfide) groups is 1. The molecule has 0 unspecified atom stereocenters. The van der Waals surface area contributed by atoms with E-state index in [1.54, 1.807) is 11.8 Å². The van der Waals surface area contributed by atoms with E-state index in [0.29, 0.717) is 18.0 Å². The van der Waals surface area contributed by atoms with Gasteiger partial charge in [0.1, 0.15) is 11.0 Å². The predicted molar refractivity (Wildman–Crippen MR) is 131 cm³/mol. The first-order valence-electron chi connectivity index (χ1n) is 10.8. The first-order chi connectivity index (χ1) is 14.9. The summed E-state index contributed by atoms with van der Waals surface area (Å²) in [4.78, 5) is 18.6. The molecule has 160 valence electrons. The van der Waals surface area contributed by atoms with Gasteiger partial charge in [-0.15, -0.1) is 0 Å². The molecule has 0 saturated heterocycles. The smallest absolute Gasteiger partial charge is 0.278 e. The van der Waals surface area contributed by atoms with Crippen molar-refractivity contribution < 1.29 is 0 Å². The number of aryl methyl sites for hydroxylation is 2. The van der Waals surface area contributed by atoms with Crippen LogP contribution in [-0.4, -0.2) is 14.1 Å². The molecule has 2 heterocycles. The van der Waals surface area contributed by atoms with Gasteiger partial charge < -0.3 is 4.57 Å². The monoisotopic (exact) mass is 431 g/mol. The zero-order valence-electron chi connectivity index (χ0n) is 18.6. The van der Waals surface area contributed by atoms with Crippen LogP contribution in [0, 0.1) is 12.8 Å². The van der Waals surface area contributed by atoms with E-state index in [9.17, 15) is 4.79 Å². The van der Waals surface area contributed by atoms with Crippen LogP contribution in [0.1, 0.15) is 31.4 Å². The number of nitrogens with zero attached hydrogens (tertiary/aromatic N) is 3. The lowest BCUT2D eigenvalue weighted by Gasteiger charge is -2.14. The third-order valence-electron chi connectivity index (χ3n) is 5.51. The average Bonchev–Trinajstić information content (AvgIpc) is 3.08. The Hall–Kier alpha value is -2.79. The Bertz CT molecular complexity index is 1260. The molecule has 31 heavy (non-hydrogen) atoms. The summed E-state index contributed by atoms with van der Waals surface area (Å²) in [6, 6.07) is 18.7. The van der Waals surface area contributed by atoms with Crippen molar-refractivity contribution in [2.45, 2.75) is 44.6 Å². The summed E-state index contributed by atoms with van der Waals surface area (Å²) < 4.78 is 3.80. The predicted octanol–water partition coefficient (Wildman–Crippen LogP) is 6.05. The van der Waals surface area contributed by atoms with Gasteiger partial charge in [-0.3, -0.25) is 9.36 Å². The Morgan fingerprint density at radius 3 is 2.55 bits per heavy atom. The molecule has 4 nitrogen and oxygen atoms in total. The molecule has 2 aromatic heterocycles. The zero-order valence-corrected chi connectivity index (χ0v) is 19.4. The molecule has 0 amide bonds. The Balaban J connectivity index is 1.82. The number of aromatic nitrogens is 3. The van der Waals surface area contributed by atoms with Crippen LogP contribution in [0.15, 0.2) is 70.7 Å². The quantitative estimate of drug-likeness (QED) is 0.264. The van der Waals surface area contributed by atoms with Gasteiger partial charge in [0.05, 0.1) is 0 Å². The van der Waals surface area contributed by atoms with E-state index in [1.807, 2.05) is 40.6 Å². The molecule has 0 fully saturated rings. The number of benzene rings is 2. The summed E-state index contributed by atoms with van der Waals surface area (Å²) in [5, 5.41) is 0.794. The fourth-order valence-corrected chi connectivity index (χ4v) is 4.78. The molecule has 0 radical (unpaired) electrons. The van der Waals surface area contributed by atoms with E-state index in [2.05, 4.69) is 57.2 Å². The molecule has 0 aliphatic carbocycles. The lowest BCUT2D eigenvalue weighted by Crippen LogP contribution is -2.25. The SMILES string of the molecule is Cc1cccc(CSc2nc3c(-c4ccccc4)cn(C)c3c(=O)n2CCC(C)C)c1. The number of hydrogen-bond donors (Lipinski definition) is 0. The molecule has 0 spiro atoms. The zero-order chi connectivity index (χ0) is 22.0. The van der Waals surface area contributed by atoms with Crippen LogP contribution in [0.5, 0.6) is 0 Å². The van der Waals surface area contributed by atoms with Crippen molar-refractivity contribution in [1.82, 2.24) is 14.1 Å². The maximum Gasteiger partial charge on any atom is 0.278 e. The lowest BCUT2D eigenvalue weighted by atomic mass is 10.1. The van der Waals surface area contributed by atoms with Crippen LogP contribution in [0.25, 0.3) is 22.2 Å². The topological polar surface area (TPSA) is 39.8 Å². The first kappa shape index (κ1) is 21.4. The highest BCUT2D eigenvalue weighted by Crippen LogP contribution is 2.30. The van der Waals surface area contributed by atoms with Crippen LogP contribution in [-0.2, 0) is 19.3 Å². The maximum absolute atomic E-state index is 13.6. The van der Waals surface area contributed by atoms with Gasteiger partial charge in [0.25, 0.3) is 5.56 Å². The fraction of sp³-hybridized carbons (Fsp3) is 0.308. The normalized spacial score (nSPS) is 11.5. The Labute approximate surface area is 187 Å². The molecule has 0 aliphatic heterocycles. The van der Waals surface area contributed by atoms with Crippen LogP contribution in [0.4, 0.5) is 0 Å². The summed E-state index contributed by atoms with van der Waals surface area (Å²) in [6.07, 6.45) is 2.97. The molecule has 0 bridgehead atoms. The minimum atomic E-state index is 0.0436. The summed E-state index contributed by atoms with van der Waals surface area (Å²) in [5.41, 5.74) is 6.06. The van der Waals surface area contributed by atoms with E-state index >= 15 is 0 Å². The van der Waals surface area contributed by atoms with Crippen LogP contribution in [0.3, 0.4) is 0 Å². The number of hydrogen-bond acceptors (Lipinski definition) is 3. The Kier molecular flexibility index (Phi) is 6.33.